The molecule has 0 saturated heterocycles. The molecule has 1 aliphatic rings. The number of halogens is 1. The van der Waals surface area contributed by atoms with Gasteiger partial charge in [0.25, 0.3) is 0 Å². The zero-order valence-electron chi connectivity index (χ0n) is 6.78. The molecule has 0 spiro atoms. The Kier molecular flexibility index (Phi) is 3.17. The average Bonchev–Trinajstić information content (AvgIpc) is 1.95. The Morgan fingerprint density at radius 2 is 1.80 bits per heavy atom. The highest BCUT2D eigenvalue weighted by molar-refractivity contribution is 4.69. The topological polar surface area (TPSA) is 0 Å². The Morgan fingerprint density at radius 3 is 2.30 bits per heavy atom. The van der Waals surface area contributed by atoms with E-state index in [1.54, 1.807) is 0 Å². The van der Waals surface area contributed by atoms with Crippen molar-refractivity contribution in [1.29, 1.82) is 0 Å². The van der Waals surface area contributed by atoms with Crippen LogP contribution in [0, 0.1) is 11.8 Å². The standard InChI is InChI=1S/C9H17F/c1-8-2-4-9(5-3-8)6-7-10/h8-9H,2-7H2,1H3/t8-,9-. The molecule has 1 aliphatic carbocycles. The van der Waals surface area contributed by atoms with Crippen LogP contribution in [-0.2, 0) is 0 Å². The maximum atomic E-state index is 11.9. The highest BCUT2D eigenvalue weighted by Crippen LogP contribution is 2.30. The summed E-state index contributed by atoms with van der Waals surface area (Å²) in [6, 6.07) is 0. The van der Waals surface area contributed by atoms with Gasteiger partial charge in [0.05, 0.1) is 6.67 Å². The van der Waals surface area contributed by atoms with Crippen molar-refractivity contribution >= 4 is 0 Å². The van der Waals surface area contributed by atoms with E-state index in [1.807, 2.05) is 0 Å². The van der Waals surface area contributed by atoms with Crippen molar-refractivity contribution in [2.24, 2.45) is 11.8 Å². The predicted octanol–water partition coefficient (Wildman–Crippen LogP) is 3.17. The molecule has 0 nitrogen and oxygen atoms in total. The van der Waals surface area contributed by atoms with E-state index in [-0.39, 0.29) is 6.67 Å². The fourth-order valence-corrected chi connectivity index (χ4v) is 1.77. The SMILES string of the molecule is C[C@H]1CC[C@H](CCF)CC1. The molecule has 0 aliphatic heterocycles. The zero-order chi connectivity index (χ0) is 7.40. The van der Waals surface area contributed by atoms with Crippen molar-refractivity contribution in [2.45, 2.75) is 39.0 Å². The highest BCUT2D eigenvalue weighted by atomic mass is 19.1. The largest absolute Gasteiger partial charge is 0.251 e. The number of rotatable bonds is 2. The van der Waals surface area contributed by atoms with Gasteiger partial charge in [0.2, 0.25) is 0 Å². The lowest BCUT2D eigenvalue weighted by atomic mass is 9.82. The maximum absolute atomic E-state index is 11.9. The summed E-state index contributed by atoms with van der Waals surface area (Å²) in [4.78, 5) is 0. The molecule has 0 N–H and O–H groups in total. The monoisotopic (exact) mass is 144 g/mol. The van der Waals surface area contributed by atoms with Crippen LogP contribution in [0.4, 0.5) is 4.39 Å². The summed E-state index contributed by atoms with van der Waals surface area (Å²) >= 11 is 0. The normalized spacial score (nSPS) is 34.2. The molecule has 60 valence electrons. The molecule has 0 unspecified atom stereocenters. The molecule has 0 aromatic carbocycles. The third kappa shape index (κ3) is 2.28. The highest BCUT2D eigenvalue weighted by Gasteiger charge is 2.17. The van der Waals surface area contributed by atoms with Gasteiger partial charge in [-0.25, -0.2) is 0 Å². The Labute approximate surface area is 62.8 Å². The molecule has 1 saturated carbocycles. The maximum Gasteiger partial charge on any atom is 0.0897 e. The Bertz CT molecular complexity index is 82.7. The van der Waals surface area contributed by atoms with Crippen LogP contribution in [0.2, 0.25) is 0 Å². The first kappa shape index (κ1) is 8.03. The fourth-order valence-electron chi connectivity index (χ4n) is 1.77. The lowest BCUT2D eigenvalue weighted by Gasteiger charge is -2.24. The molecule has 10 heavy (non-hydrogen) atoms. The van der Waals surface area contributed by atoms with E-state index in [2.05, 4.69) is 6.92 Å². The van der Waals surface area contributed by atoms with Gasteiger partial charge in [0, 0.05) is 0 Å². The number of hydrogen-bond donors (Lipinski definition) is 0. The molecule has 0 aromatic rings. The summed E-state index contributed by atoms with van der Waals surface area (Å²) in [5.41, 5.74) is 0. The second-order valence-corrected chi connectivity index (χ2v) is 3.60. The van der Waals surface area contributed by atoms with E-state index >= 15 is 0 Å². The van der Waals surface area contributed by atoms with E-state index in [0.717, 1.165) is 12.3 Å². The van der Waals surface area contributed by atoms with Gasteiger partial charge in [-0.05, 0) is 18.3 Å². The van der Waals surface area contributed by atoms with Crippen molar-refractivity contribution in [2.75, 3.05) is 6.67 Å². The first-order valence-electron chi connectivity index (χ1n) is 4.39. The Morgan fingerprint density at radius 1 is 1.20 bits per heavy atom. The first-order chi connectivity index (χ1) is 4.83. The van der Waals surface area contributed by atoms with Crippen LogP contribution >= 0.6 is 0 Å². The number of alkyl halides is 1. The van der Waals surface area contributed by atoms with E-state index in [4.69, 9.17) is 0 Å². The molecule has 0 aromatic heterocycles. The summed E-state index contributed by atoms with van der Waals surface area (Å²) in [7, 11) is 0. The molecule has 1 rings (SSSR count). The summed E-state index contributed by atoms with van der Waals surface area (Å²) in [6.45, 7) is 2.19. The molecule has 0 amide bonds. The van der Waals surface area contributed by atoms with Crippen molar-refractivity contribution in [3.8, 4) is 0 Å². The third-order valence-corrected chi connectivity index (χ3v) is 2.65. The summed E-state index contributed by atoms with van der Waals surface area (Å²) in [5.74, 6) is 1.61. The summed E-state index contributed by atoms with van der Waals surface area (Å²) in [5, 5.41) is 0. The quantitative estimate of drug-likeness (QED) is 0.558. The Balaban J connectivity index is 2.13. The van der Waals surface area contributed by atoms with Gasteiger partial charge in [-0.15, -0.1) is 0 Å². The zero-order valence-corrected chi connectivity index (χ0v) is 6.78. The molecule has 0 bridgehead atoms. The second kappa shape index (κ2) is 3.95. The summed E-state index contributed by atoms with van der Waals surface area (Å²) < 4.78 is 11.9. The van der Waals surface area contributed by atoms with Gasteiger partial charge in [0.15, 0.2) is 0 Å². The van der Waals surface area contributed by atoms with Crippen LogP contribution in [0.5, 0.6) is 0 Å². The molecule has 1 fully saturated rings. The average molecular weight is 144 g/mol. The lowest BCUT2D eigenvalue weighted by molar-refractivity contribution is 0.258. The van der Waals surface area contributed by atoms with Crippen molar-refractivity contribution in [3.05, 3.63) is 0 Å². The second-order valence-electron chi connectivity index (χ2n) is 3.60. The van der Waals surface area contributed by atoms with E-state index < -0.39 is 0 Å². The van der Waals surface area contributed by atoms with Gasteiger partial charge >= 0.3 is 0 Å². The van der Waals surface area contributed by atoms with Gasteiger partial charge in [-0.3, -0.25) is 4.39 Å². The fraction of sp³-hybridized carbons (Fsp3) is 1.00. The molecule has 0 heterocycles. The molecular formula is C9H17F. The van der Waals surface area contributed by atoms with Gasteiger partial charge < -0.3 is 0 Å². The van der Waals surface area contributed by atoms with Crippen LogP contribution in [0.25, 0.3) is 0 Å². The van der Waals surface area contributed by atoms with Crippen LogP contribution in [0.1, 0.15) is 39.0 Å². The van der Waals surface area contributed by atoms with Gasteiger partial charge in [-0.2, -0.15) is 0 Å². The molecule has 1 heteroatoms. The van der Waals surface area contributed by atoms with Crippen LogP contribution in [0.15, 0.2) is 0 Å². The number of hydrogen-bond acceptors (Lipinski definition) is 0. The summed E-state index contributed by atoms with van der Waals surface area (Å²) in [6.07, 6.45) is 6.00. The minimum Gasteiger partial charge on any atom is -0.251 e. The van der Waals surface area contributed by atoms with Crippen LogP contribution in [0.3, 0.4) is 0 Å². The van der Waals surface area contributed by atoms with E-state index in [9.17, 15) is 4.39 Å². The smallest absolute Gasteiger partial charge is 0.0897 e. The van der Waals surface area contributed by atoms with Crippen molar-refractivity contribution in [3.63, 3.8) is 0 Å². The van der Waals surface area contributed by atoms with Gasteiger partial charge in [-0.1, -0.05) is 32.6 Å². The van der Waals surface area contributed by atoms with Gasteiger partial charge in [0.1, 0.15) is 0 Å². The van der Waals surface area contributed by atoms with Crippen molar-refractivity contribution < 1.29 is 4.39 Å². The van der Waals surface area contributed by atoms with Crippen LogP contribution in [-0.4, -0.2) is 6.67 Å². The van der Waals surface area contributed by atoms with Crippen LogP contribution < -0.4 is 0 Å². The van der Waals surface area contributed by atoms with Crippen molar-refractivity contribution in [1.82, 2.24) is 0 Å². The molecular weight excluding hydrogens is 127 g/mol. The minimum atomic E-state index is -0.112. The predicted molar refractivity (Wildman–Crippen MR) is 41.7 cm³/mol. The van der Waals surface area contributed by atoms with E-state index in [1.165, 1.54) is 25.7 Å². The molecule has 0 atom stereocenters. The minimum absolute atomic E-state index is 0.112. The lowest BCUT2D eigenvalue weighted by Crippen LogP contribution is -2.12. The first-order valence-corrected chi connectivity index (χ1v) is 4.39. The van der Waals surface area contributed by atoms with E-state index in [0.29, 0.717) is 5.92 Å². The Hall–Kier alpha value is -0.0700. The molecule has 0 radical (unpaired) electrons. The third-order valence-electron chi connectivity index (χ3n) is 2.65.